The molecule has 1 heterocycles. The Labute approximate surface area is 156 Å². The molecule has 0 aliphatic rings. The van der Waals surface area contributed by atoms with Gasteiger partial charge in [0.15, 0.2) is 11.8 Å². The van der Waals surface area contributed by atoms with Gasteiger partial charge in [0, 0.05) is 20.6 Å². The van der Waals surface area contributed by atoms with E-state index >= 15 is 0 Å². The van der Waals surface area contributed by atoms with Crippen molar-refractivity contribution in [2.24, 2.45) is 12.0 Å². The van der Waals surface area contributed by atoms with Crippen LogP contribution in [0.5, 0.6) is 0 Å². The summed E-state index contributed by atoms with van der Waals surface area (Å²) in [6, 6.07) is 0. The minimum Gasteiger partial charge on any atom is -0.444 e. The molecule has 1 aromatic heterocycles. The Morgan fingerprint density at radius 1 is 1.27 bits per heavy atom. The van der Waals surface area contributed by atoms with Crippen LogP contribution in [0.15, 0.2) is 11.3 Å². The second-order valence-electron chi connectivity index (χ2n) is 7.25. The molecule has 1 amide bonds. The molecule has 0 unspecified atom stereocenters. The molecule has 0 saturated carbocycles. The van der Waals surface area contributed by atoms with Gasteiger partial charge in [-0.15, -0.1) is 10.2 Å². The SMILES string of the molecule is CCC(CC)(CNC(=NC)NCc1nncn1C)NC(=O)OC(C)(C)C. The molecule has 1 rings (SSSR count). The topological polar surface area (TPSA) is 105 Å². The number of aromatic nitrogens is 3. The van der Waals surface area contributed by atoms with E-state index in [1.54, 1.807) is 13.4 Å². The van der Waals surface area contributed by atoms with Gasteiger partial charge < -0.3 is 25.3 Å². The summed E-state index contributed by atoms with van der Waals surface area (Å²) in [6.45, 7) is 10.7. The molecule has 0 aliphatic heterocycles. The Kier molecular flexibility index (Phi) is 7.85. The van der Waals surface area contributed by atoms with Gasteiger partial charge >= 0.3 is 6.09 Å². The second-order valence-corrected chi connectivity index (χ2v) is 7.25. The molecule has 0 atom stereocenters. The fourth-order valence-corrected chi connectivity index (χ4v) is 2.34. The van der Waals surface area contributed by atoms with Crippen molar-refractivity contribution in [3.8, 4) is 0 Å². The van der Waals surface area contributed by atoms with Crippen molar-refractivity contribution in [2.75, 3.05) is 13.6 Å². The molecule has 1 aromatic rings. The van der Waals surface area contributed by atoms with E-state index in [4.69, 9.17) is 4.74 Å². The van der Waals surface area contributed by atoms with E-state index in [0.717, 1.165) is 18.7 Å². The molecule has 0 bridgehead atoms. The van der Waals surface area contributed by atoms with Crippen molar-refractivity contribution in [1.29, 1.82) is 0 Å². The summed E-state index contributed by atoms with van der Waals surface area (Å²) >= 11 is 0. The molecular weight excluding hydrogens is 334 g/mol. The van der Waals surface area contributed by atoms with Crippen LogP contribution in [-0.4, -0.2) is 51.5 Å². The van der Waals surface area contributed by atoms with Crippen LogP contribution in [0.1, 0.15) is 53.3 Å². The highest BCUT2D eigenvalue weighted by atomic mass is 16.6. The number of hydrogen-bond donors (Lipinski definition) is 3. The maximum Gasteiger partial charge on any atom is 0.408 e. The molecule has 26 heavy (non-hydrogen) atoms. The van der Waals surface area contributed by atoms with Crippen molar-refractivity contribution >= 4 is 12.1 Å². The quantitative estimate of drug-likeness (QED) is 0.499. The highest BCUT2D eigenvalue weighted by Gasteiger charge is 2.30. The van der Waals surface area contributed by atoms with E-state index in [9.17, 15) is 4.79 Å². The first-order valence-corrected chi connectivity index (χ1v) is 8.93. The number of nitrogens with zero attached hydrogens (tertiary/aromatic N) is 4. The number of guanidine groups is 1. The lowest BCUT2D eigenvalue weighted by Gasteiger charge is -2.34. The zero-order valence-corrected chi connectivity index (χ0v) is 17.0. The van der Waals surface area contributed by atoms with Crippen LogP contribution >= 0.6 is 0 Å². The minimum absolute atomic E-state index is 0.412. The molecular formula is C17H33N7O2. The van der Waals surface area contributed by atoms with E-state index in [-0.39, 0.29) is 0 Å². The average molecular weight is 367 g/mol. The van der Waals surface area contributed by atoms with E-state index in [1.807, 2.05) is 46.2 Å². The predicted molar refractivity (Wildman–Crippen MR) is 102 cm³/mol. The third kappa shape index (κ3) is 6.89. The number of ether oxygens (including phenoxy) is 1. The van der Waals surface area contributed by atoms with Gasteiger partial charge in [-0.3, -0.25) is 4.99 Å². The molecule has 0 radical (unpaired) electrons. The smallest absolute Gasteiger partial charge is 0.408 e. The Morgan fingerprint density at radius 2 is 1.92 bits per heavy atom. The molecule has 0 aliphatic carbocycles. The number of nitrogens with one attached hydrogen (secondary N) is 3. The molecule has 0 saturated heterocycles. The molecule has 148 valence electrons. The molecule has 0 fully saturated rings. The monoisotopic (exact) mass is 367 g/mol. The van der Waals surface area contributed by atoms with Crippen molar-refractivity contribution < 1.29 is 9.53 Å². The number of carbonyl (C=O) groups is 1. The van der Waals surface area contributed by atoms with Crippen LogP contribution in [0, 0.1) is 0 Å². The summed E-state index contributed by atoms with van der Waals surface area (Å²) in [4.78, 5) is 16.4. The summed E-state index contributed by atoms with van der Waals surface area (Å²) in [7, 11) is 3.59. The second kappa shape index (κ2) is 9.40. The summed E-state index contributed by atoms with van der Waals surface area (Å²) in [5, 5.41) is 17.4. The number of aryl methyl sites for hydroxylation is 1. The van der Waals surface area contributed by atoms with Crippen LogP contribution in [0.3, 0.4) is 0 Å². The number of hydrogen-bond acceptors (Lipinski definition) is 5. The summed E-state index contributed by atoms with van der Waals surface area (Å²) in [6.07, 6.45) is 2.76. The third-order valence-corrected chi connectivity index (χ3v) is 4.16. The van der Waals surface area contributed by atoms with E-state index in [1.165, 1.54) is 0 Å². The van der Waals surface area contributed by atoms with Gasteiger partial charge in [-0.05, 0) is 33.6 Å². The lowest BCUT2D eigenvalue weighted by atomic mass is 9.93. The summed E-state index contributed by atoms with van der Waals surface area (Å²) in [5.41, 5.74) is -0.955. The minimum atomic E-state index is -0.529. The first-order valence-electron chi connectivity index (χ1n) is 8.93. The van der Waals surface area contributed by atoms with Gasteiger partial charge in [0.1, 0.15) is 11.9 Å². The molecule has 3 N–H and O–H groups in total. The van der Waals surface area contributed by atoms with Gasteiger partial charge in [-0.1, -0.05) is 13.8 Å². The number of carbonyl (C=O) groups excluding carboxylic acids is 1. The van der Waals surface area contributed by atoms with E-state index < -0.39 is 17.2 Å². The largest absolute Gasteiger partial charge is 0.444 e. The van der Waals surface area contributed by atoms with Crippen LogP contribution in [-0.2, 0) is 18.3 Å². The van der Waals surface area contributed by atoms with Gasteiger partial charge in [0.05, 0.1) is 12.1 Å². The van der Waals surface area contributed by atoms with Crippen LogP contribution in [0.25, 0.3) is 0 Å². The molecule has 0 spiro atoms. The number of aliphatic imine (C=N–C) groups is 1. The number of alkyl carbamates (subject to hydrolysis) is 1. The van der Waals surface area contributed by atoms with Crippen molar-refractivity contribution in [2.45, 2.75) is 65.1 Å². The fraction of sp³-hybridized carbons (Fsp3) is 0.765. The average Bonchev–Trinajstić information content (AvgIpc) is 2.97. The van der Waals surface area contributed by atoms with Crippen LogP contribution in [0.2, 0.25) is 0 Å². The first kappa shape index (κ1) is 21.7. The van der Waals surface area contributed by atoms with Gasteiger partial charge in [0.2, 0.25) is 0 Å². The summed E-state index contributed by atoms with van der Waals surface area (Å²) in [5.74, 6) is 1.43. The Balaban J connectivity index is 2.64. The van der Waals surface area contributed by atoms with Crippen LogP contribution < -0.4 is 16.0 Å². The maximum atomic E-state index is 12.2. The predicted octanol–water partition coefficient (Wildman–Crippen LogP) is 1.56. The highest BCUT2D eigenvalue weighted by molar-refractivity contribution is 5.79. The van der Waals surface area contributed by atoms with Crippen molar-refractivity contribution in [1.82, 2.24) is 30.7 Å². The van der Waals surface area contributed by atoms with Gasteiger partial charge in [-0.25, -0.2) is 4.79 Å². The fourth-order valence-electron chi connectivity index (χ4n) is 2.34. The van der Waals surface area contributed by atoms with E-state index in [0.29, 0.717) is 19.0 Å². The number of amides is 1. The lowest BCUT2D eigenvalue weighted by molar-refractivity contribution is 0.0448. The Bertz CT molecular complexity index is 600. The van der Waals surface area contributed by atoms with E-state index in [2.05, 4.69) is 31.1 Å². The molecule has 0 aromatic carbocycles. The van der Waals surface area contributed by atoms with Gasteiger partial charge in [-0.2, -0.15) is 0 Å². The third-order valence-electron chi connectivity index (χ3n) is 4.16. The highest BCUT2D eigenvalue weighted by Crippen LogP contribution is 2.16. The Morgan fingerprint density at radius 3 is 2.38 bits per heavy atom. The summed E-state index contributed by atoms with van der Waals surface area (Å²) < 4.78 is 7.24. The van der Waals surface area contributed by atoms with Crippen LogP contribution in [0.4, 0.5) is 4.79 Å². The molecule has 9 nitrogen and oxygen atoms in total. The zero-order valence-electron chi connectivity index (χ0n) is 17.0. The Hall–Kier alpha value is -2.32. The zero-order chi connectivity index (χ0) is 19.8. The lowest BCUT2D eigenvalue weighted by Crippen LogP contribution is -2.57. The van der Waals surface area contributed by atoms with Crippen molar-refractivity contribution in [3.63, 3.8) is 0 Å². The number of rotatable bonds is 7. The maximum absolute atomic E-state index is 12.2. The van der Waals surface area contributed by atoms with Crippen molar-refractivity contribution in [3.05, 3.63) is 12.2 Å². The first-order chi connectivity index (χ1) is 12.1. The van der Waals surface area contributed by atoms with Gasteiger partial charge in [0.25, 0.3) is 0 Å². The normalized spacial score (nSPS) is 12.7. The standard InChI is InChI=1S/C17H33N7O2/c1-8-17(9-2,22-15(25)26-16(3,4)5)11-20-14(18-6)19-10-13-23-21-12-24(13)7/h12H,8-11H2,1-7H3,(H,22,25)(H2,18,19,20). The molecule has 9 heteroatoms.